The van der Waals surface area contributed by atoms with E-state index >= 15 is 0 Å². The summed E-state index contributed by atoms with van der Waals surface area (Å²) in [5, 5.41) is 3.00. The molecular formula is C27H30ClN3O5S. The predicted molar refractivity (Wildman–Crippen MR) is 144 cm³/mol. The number of likely N-dealkylation sites (N-methyl/N-ethyl adjacent to an activating group) is 1. The van der Waals surface area contributed by atoms with E-state index < -0.39 is 28.5 Å². The number of methoxy groups -OCH3 is 1. The Hall–Kier alpha value is -3.56. The highest BCUT2D eigenvalue weighted by molar-refractivity contribution is 7.92. The fourth-order valence-corrected chi connectivity index (χ4v) is 5.41. The van der Waals surface area contributed by atoms with Gasteiger partial charge in [-0.2, -0.15) is 0 Å². The summed E-state index contributed by atoms with van der Waals surface area (Å²) in [5.74, 6) is -0.201. The minimum Gasteiger partial charge on any atom is -0.497 e. The lowest BCUT2D eigenvalue weighted by Crippen LogP contribution is -2.51. The van der Waals surface area contributed by atoms with Gasteiger partial charge in [0.05, 0.1) is 17.7 Å². The standard InChI is InChI=1S/C27H30ClN3O5S/c1-4-25(27(33)29-2)30(18-20-10-14-23(36-3)15-11-20)26(32)19-31(22-8-6-5-7-9-22)37(34,35)24-16-12-21(28)13-17-24/h5-17,25H,4,18-19H2,1-3H3,(H,29,33)/t25-/m0/s1. The summed E-state index contributed by atoms with van der Waals surface area (Å²) >= 11 is 5.96. The fourth-order valence-electron chi connectivity index (χ4n) is 3.87. The molecule has 196 valence electrons. The van der Waals surface area contributed by atoms with Crippen LogP contribution in [0, 0.1) is 0 Å². The zero-order valence-corrected chi connectivity index (χ0v) is 22.5. The first-order chi connectivity index (χ1) is 17.7. The van der Waals surface area contributed by atoms with Crippen LogP contribution in [0.25, 0.3) is 0 Å². The predicted octanol–water partition coefficient (Wildman–Crippen LogP) is 4.10. The molecule has 1 atom stereocenters. The first-order valence-electron chi connectivity index (χ1n) is 11.7. The van der Waals surface area contributed by atoms with E-state index in [0.29, 0.717) is 22.9 Å². The number of nitrogens with one attached hydrogen (secondary N) is 1. The number of nitrogens with zero attached hydrogens (tertiary/aromatic N) is 2. The van der Waals surface area contributed by atoms with E-state index in [9.17, 15) is 18.0 Å². The van der Waals surface area contributed by atoms with E-state index in [4.69, 9.17) is 16.3 Å². The minimum atomic E-state index is -4.13. The Balaban J connectivity index is 2.01. The number of anilines is 1. The molecule has 0 unspecified atom stereocenters. The van der Waals surface area contributed by atoms with E-state index in [2.05, 4.69) is 5.32 Å². The van der Waals surface area contributed by atoms with Gasteiger partial charge in [0.15, 0.2) is 0 Å². The van der Waals surface area contributed by atoms with Crippen LogP contribution in [0.2, 0.25) is 5.02 Å². The van der Waals surface area contributed by atoms with Crippen molar-refractivity contribution in [2.24, 2.45) is 0 Å². The lowest BCUT2D eigenvalue weighted by Gasteiger charge is -2.33. The van der Waals surface area contributed by atoms with Crippen LogP contribution in [-0.4, -0.2) is 51.9 Å². The molecule has 0 aliphatic carbocycles. The van der Waals surface area contributed by atoms with Crippen LogP contribution >= 0.6 is 11.6 Å². The topological polar surface area (TPSA) is 96.0 Å². The first-order valence-corrected chi connectivity index (χ1v) is 13.5. The van der Waals surface area contributed by atoms with Crippen molar-refractivity contribution in [2.45, 2.75) is 30.8 Å². The fraction of sp³-hybridized carbons (Fsp3) is 0.259. The van der Waals surface area contributed by atoms with Crippen molar-refractivity contribution < 1.29 is 22.7 Å². The molecule has 37 heavy (non-hydrogen) atoms. The van der Waals surface area contributed by atoms with Crippen molar-refractivity contribution in [1.29, 1.82) is 0 Å². The van der Waals surface area contributed by atoms with Crippen LogP contribution in [-0.2, 0) is 26.2 Å². The Kier molecular flexibility index (Phi) is 9.54. The maximum absolute atomic E-state index is 13.8. The first kappa shape index (κ1) is 28.0. The SMILES string of the molecule is CC[C@@H](C(=O)NC)N(Cc1ccc(OC)cc1)C(=O)CN(c1ccccc1)S(=O)(=O)c1ccc(Cl)cc1. The number of benzene rings is 3. The number of hydrogen-bond acceptors (Lipinski definition) is 5. The molecule has 10 heteroatoms. The molecule has 8 nitrogen and oxygen atoms in total. The summed E-state index contributed by atoms with van der Waals surface area (Å²) in [7, 11) is -1.07. The van der Waals surface area contributed by atoms with E-state index in [-0.39, 0.29) is 17.3 Å². The highest BCUT2D eigenvalue weighted by Gasteiger charge is 2.33. The molecule has 0 radical (unpaired) electrons. The molecule has 1 N–H and O–H groups in total. The Morgan fingerprint density at radius 2 is 1.59 bits per heavy atom. The van der Waals surface area contributed by atoms with Gasteiger partial charge in [-0.1, -0.05) is 48.9 Å². The minimum absolute atomic E-state index is 0.00593. The molecule has 3 rings (SSSR count). The van der Waals surface area contributed by atoms with Crippen molar-refractivity contribution in [1.82, 2.24) is 10.2 Å². The van der Waals surface area contributed by atoms with Gasteiger partial charge in [-0.05, 0) is 60.5 Å². The summed E-state index contributed by atoms with van der Waals surface area (Å²) in [4.78, 5) is 27.9. The number of halogens is 1. The second-order valence-corrected chi connectivity index (χ2v) is 10.5. The third-order valence-electron chi connectivity index (χ3n) is 5.87. The molecule has 0 heterocycles. The molecule has 2 amide bonds. The van der Waals surface area contributed by atoms with Crippen LogP contribution in [0.15, 0.2) is 83.8 Å². The number of carbonyl (C=O) groups excluding carboxylic acids is 2. The highest BCUT2D eigenvalue weighted by atomic mass is 35.5. The Labute approximate surface area is 222 Å². The van der Waals surface area contributed by atoms with E-state index in [0.717, 1.165) is 9.87 Å². The van der Waals surface area contributed by atoms with Crippen molar-refractivity contribution in [3.63, 3.8) is 0 Å². The van der Waals surface area contributed by atoms with Gasteiger partial charge in [0.25, 0.3) is 10.0 Å². The zero-order valence-electron chi connectivity index (χ0n) is 20.9. The van der Waals surface area contributed by atoms with Gasteiger partial charge in [0.1, 0.15) is 18.3 Å². The van der Waals surface area contributed by atoms with Gasteiger partial charge in [0.2, 0.25) is 11.8 Å². The summed E-state index contributed by atoms with van der Waals surface area (Å²) in [5.41, 5.74) is 1.09. The number of hydrogen-bond donors (Lipinski definition) is 1. The van der Waals surface area contributed by atoms with Crippen LogP contribution < -0.4 is 14.4 Å². The second kappa shape index (κ2) is 12.6. The lowest BCUT2D eigenvalue weighted by atomic mass is 10.1. The number of rotatable bonds is 11. The maximum atomic E-state index is 13.8. The lowest BCUT2D eigenvalue weighted by molar-refractivity contribution is -0.140. The monoisotopic (exact) mass is 543 g/mol. The van der Waals surface area contributed by atoms with E-state index in [1.807, 2.05) is 0 Å². The van der Waals surface area contributed by atoms with Crippen molar-refractivity contribution in [3.05, 3.63) is 89.4 Å². The maximum Gasteiger partial charge on any atom is 0.264 e. The normalized spacial score (nSPS) is 11.9. The van der Waals surface area contributed by atoms with Crippen molar-refractivity contribution in [3.8, 4) is 5.75 Å². The van der Waals surface area contributed by atoms with Crippen LogP contribution in [0.5, 0.6) is 5.75 Å². The average Bonchev–Trinajstić information content (AvgIpc) is 2.92. The number of sulfonamides is 1. The molecular weight excluding hydrogens is 514 g/mol. The molecule has 0 saturated carbocycles. The molecule has 0 bridgehead atoms. The quantitative estimate of drug-likeness (QED) is 0.393. The summed E-state index contributed by atoms with van der Waals surface area (Å²) in [6.07, 6.45) is 0.344. The zero-order chi connectivity index (χ0) is 27.0. The molecule has 0 saturated heterocycles. The molecule has 0 spiro atoms. The van der Waals surface area contributed by atoms with Gasteiger partial charge < -0.3 is 15.0 Å². The van der Waals surface area contributed by atoms with Crippen molar-refractivity contribution in [2.75, 3.05) is 25.0 Å². The van der Waals surface area contributed by atoms with Crippen LogP contribution in [0.4, 0.5) is 5.69 Å². The van der Waals surface area contributed by atoms with Gasteiger partial charge >= 0.3 is 0 Å². The summed E-state index contributed by atoms with van der Waals surface area (Å²) in [6.45, 7) is 1.41. The van der Waals surface area contributed by atoms with Crippen molar-refractivity contribution >= 4 is 39.1 Å². The van der Waals surface area contributed by atoms with E-state index in [1.54, 1.807) is 68.6 Å². The highest BCUT2D eigenvalue weighted by Crippen LogP contribution is 2.25. The summed E-state index contributed by atoms with van der Waals surface area (Å²) in [6, 6.07) is 20.5. The average molecular weight is 544 g/mol. The Bertz CT molecular complexity index is 1300. The Morgan fingerprint density at radius 1 is 0.973 bits per heavy atom. The van der Waals surface area contributed by atoms with Gasteiger partial charge in [-0.25, -0.2) is 8.42 Å². The number of para-hydroxylation sites is 1. The number of carbonyl (C=O) groups is 2. The van der Waals surface area contributed by atoms with E-state index in [1.165, 1.54) is 36.2 Å². The molecule has 3 aromatic rings. The van der Waals surface area contributed by atoms with Crippen LogP contribution in [0.3, 0.4) is 0 Å². The molecule has 0 aliphatic rings. The smallest absolute Gasteiger partial charge is 0.264 e. The Morgan fingerprint density at radius 3 is 2.14 bits per heavy atom. The molecule has 0 aliphatic heterocycles. The van der Waals surface area contributed by atoms with Gasteiger partial charge in [0, 0.05) is 18.6 Å². The summed E-state index contributed by atoms with van der Waals surface area (Å²) < 4.78 is 33.6. The molecule has 0 fully saturated rings. The molecule has 0 aromatic heterocycles. The van der Waals surface area contributed by atoms with Gasteiger partial charge in [-0.3, -0.25) is 13.9 Å². The van der Waals surface area contributed by atoms with Gasteiger partial charge in [-0.15, -0.1) is 0 Å². The third kappa shape index (κ3) is 6.81. The number of ether oxygens (including phenoxy) is 1. The van der Waals surface area contributed by atoms with Crippen LogP contribution in [0.1, 0.15) is 18.9 Å². The second-order valence-electron chi connectivity index (χ2n) is 8.21. The third-order valence-corrected chi connectivity index (χ3v) is 7.91. The molecule has 3 aromatic carbocycles. The largest absolute Gasteiger partial charge is 0.497 e. The number of amides is 2.